The van der Waals surface area contributed by atoms with Crippen molar-refractivity contribution in [2.45, 2.75) is 11.8 Å². The lowest BCUT2D eigenvalue weighted by Crippen LogP contribution is -2.39. The summed E-state index contributed by atoms with van der Waals surface area (Å²) in [7, 11) is -2.55. The van der Waals surface area contributed by atoms with Crippen LogP contribution < -0.4 is 14.5 Å². The average molecular weight is 506 g/mol. The SMILES string of the molecule is COc1ccc(S(=O)(=O)N(CC(=O)N/N=C\c2ccc(Cl)c(Cl)c2)c2ccc(C)cc2)cc1. The minimum absolute atomic E-state index is 0.0241. The molecule has 0 aromatic heterocycles. The van der Waals surface area contributed by atoms with Gasteiger partial charge < -0.3 is 4.74 Å². The Bertz CT molecular complexity index is 1260. The molecule has 3 aromatic rings. The quantitative estimate of drug-likeness (QED) is 0.356. The fourth-order valence-electron chi connectivity index (χ4n) is 2.84. The van der Waals surface area contributed by atoms with Crippen LogP contribution in [0.5, 0.6) is 5.75 Å². The predicted molar refractivity (Wildman–Crippen MR) is 131 cm³/mol. The Balaban J connectivity index is 1.83. The van der Waals surface area contributed by atoms with E-state index in [0.717, 1.165) is 9.87 Å². The molecular weight excluding hydrogens is 485 g/mol. The fourth-order valence-corrected chi connectivity index (χ4v) is 4.57. The lowest BCUT2D eigenvalue weighted by molar-refractivity contribution is -0.119. The first-order chi connectivity index (χ1) is 15.7. The number of aryl methyl sites for hydroxylation is 1. The summed E-state index contributed by atoms with van der Waals surface area (Å²) in [5.41, 5.74) is 4.27. The van der Waals surface area contributed by atoms with Crippen molar-refractivity contribution in [3.8, 4) is 5.75 Å². The van der Waals surface area contributed by atoms with Gasteiger partial charge in [-0.25, -0.2) is 13.8 Å². The number of anilines is 1. The number of sulfonamides is 1. The molecule has 0 saturated heterocycles. The maximum Gasteiger partial charge on any atom is 0.264 e. The molecule has 10 heteroatoms. The summed E-state index contributed by atoms with van der Waals surface area (Å²) < 4.78 is 32.8. The van der Waals surface area contributed by atoms with Gasteiger partial charge in [0.25, 0.3) is 15.9 Å². The molecule has 0 spiro atoms. The number of carbonyl (C=O) groups is 1. The van der Waals surface area contributed by atoms with Gasteiger partial charge in [-0.1, -0.05) is 47.0 Å². The molecule has 3 aromatic carbocycles. The number of hydrogen-bond donors (Lipinski definition) is 1. The summed E-state index contributed by atoms with van der Waals surface area (Å²) in [5.74, 6) is -0.103. The number of methoxy groups -OCH3 is 1. The second-order valence-electron chi connectivity index (χ2n) is 6.99. The van der Waals surface area contributed by atoms with Crippen molar-refractivity contribution in [3.05, 3.63) is 87.9 Å². The number of halogens is 2. The Morgan fingerprint density at radius 2 is 1.70 bits per heavy atom. The topological polar surface area (TPSA) is 88.1 Å². The molecule has 3 rings (SSSR count). The number of nitrogens with zero attached hydrogens (tertiary/aromatic N) is 2. The summed E-state index contributed by atoms with van der Waals surface area (Å²) >= 11 is 11.9. The summed E-state index contributed by atoms with van der Waals surface area (Å²) in [6.45, 7) is 1.41. The second-order valence-corrected chi connectivity index (χ2v) is 9.67. The van der Waals surface area contributed by atoms with E-state index in [9.17, 15) is 13.2 Å². The maximum absolute atomic E-state index is 13.4. The molecule has 0 aliphatic rings. The molecule has 0 fully saturated rings. The van der Waals surface area contributed by atoms with E-state index in [0.29, 0.717) is 27.0 Å². The normalized spacial score (nSPS) is 11.4. The van der Waals surface area contributed by atoms with Gasteiger partial charge in [0, 0.05) is 0 Å². The van der Waals surface area contributed by atoms with E-state index in [2.05, 4.69) is 10.5 Å². The third-order valence-electron chi connectivity index (χ3n) is 4.60. The molecule has 1 N–H and O–H groups in total. The molecular formula is C23H21Cl2N3O4S. The van der Waals surface area contributed by atoms with Gasteiger partial charge in [0.05, 0.1) is 34.0 Å². The Kier molecular flexibility index (Phi) is 7.97. The first-order valence-electron chi connectivity index (χ1n) is 9.71. The van der Waals surface area contributed by atoms with Crippen LogP contribution in [-0.4, -0.2) is 34.2 Å². The summed E-state index contributed by atoms with van der Waals surface area (Å²) in [5, 5.41) is 4.63. The molecule has 0 aliphatic heterocycles. The molecule has 7 nitrogen and oxygen atoms in total. The van der Waals surface area contributed by atoms with E-state index in [1.165, 1.54) is 25.5 Å². The van der Waals surface area contributed by atoms with Crippen molar-refractivity contribution < 1.29 is 17.9 Å². The van der Waals surface area contributed by atoms with Crippen LogP contribution in [0.2, 0.25) is 10.0 Å². The second kappa shape index (κ2) is 10.7. The van der Waals surface area contributed by atoms with E-state index >= 15 is 0 Å². The lowest BCUT2D eigenvalue weighted by Gasteiger charge is -2.24. The number of rotatable bonds is 8. The summed E-state index contributed by atoms with van der Waals surface area (Å²) in [6, 6.07) is 17.6. The van der Waals surface area contributed by atoms with Crippen LogP contribution in [0.3, 0.4) is 0 Å². The number of ether oxygens (including phenoxy) is 1. The van der Waals surface area contributed by atoms with Gasteiger partial charge in [-0.3, -0.25) is 9.10 Å². The highest BCUT2D eigenvalue weighted by atomic mass is 35.5. The molecule has 0 atom stereocenters. The highest BCUT2D eigenvalue weighted by Crippen LogP contribution is 2.25. The molecule has 0 unspecified atom stereocenters. The standard InChI is InChI=1S/C23H21Cl2N3O4S/c1-16-3-6-18(7-4-16)28(33(30,31)20-10-8-19(32-2)9-11-20)15-23(29)27-26-14-17-5-12-21(24)22(25)13-17/h3-14H,15H2,1-2H3,(H,27,29)/b26-14-. The number of hydrazone groups is 1. The van der Waals surface area contributed by atoms with Crippen LogP contribution in [0.25, 0.3) is 0 Å². The Morgan fingerprint density at radius 3 is 2.30 bits per heavy atom. The number of benzene rings is 3. The third-order valence-corrected chi connectivity index (χ3v) is 7.13. The molecule has 1 amide bonds. The van der Waals surface area contributed by atoms with E-state index in [1.54, 1.807) is 54.6 Å². The van der Waals surface area contributed by atoms with E-state index in [1.807, 2.05) is 6.92 Å². The van der Waals surface area contributed by atoms with Gasteiger partial charge in [0.15, 0.2) is 0 Å². The molecule has 0 heterocycles. The van der Waals surface area contributed by atoms with Crippen molar-refractivity contribution >= 4 is 51.0 Å². The van der Waals surface area contributed by atoms with Crippen LogP contribution in [0.1, 0.15) is 11.1 Å². The summed E-state index contributed by atoms with van der Waals surface area (Å²) in [4.78, 5) is 12.6. The van der Waals surface area contributed by atoms with Crippen molar-refractivity contribution in [2.75, 3.05) is 18.0 Å². The van der Waals surface area contributed by atoms with Crippen LogP contribution in [0, 0.1) is 6.92 Å². The summed E-state index contributed by atoms with van der Waals surface area (Å²) in [6.07, 6.45) is 1.38. The fraction of sp³-hybridized carbons (Fsp3) is 0.130. The minimum atomic E-state index is -4.04. The first kappa shape index (κ1) is 24.6. The zero-order valence-electron chi connectivity index (χ0n) is 17.8. The zero-order chi connectivity index (χ0) is 24.0. The van der Waals surface area contributed by atoms with Gasteiger partial charge in [-0.05, 0) is 61.0 Å². The lowest BCUT2D eigenvalue weighted by atomic mass is 10.2. The van der Waals surface area contributed by atoms with Gasteiger partial charge >= 0.3 is 0 Å². The predicted octanol–water partition coefficient (Wildman–Crippen LogP) is 4.66. The minimum Gasteiger partial charge on any atom is -0.497 e. The Morgan fingerprint density at radius 1 is 1.03 bits per heavy atom. The highest BCUT2D eigenvalue weighted by molar-refractivity contribution is 7.92. The molecule has 172 valence electrons. The van der Waals surface area contributed by atoms with Crippen molar-refractivity contribution in [1.29, 1.82) is 0 Å². The van der Waals surface area contributed by atoms with Crippen LogP contribution in [0.4, 0.5) is 5.69 Å². The number of amides is 1. The number of nitrogens with one attached hydrogen (secondary N) is 1. The number of carbonyl (C=O) groups excluding carboxylic acids is 1. The molecule has 0 radical (unpaired) electrons. The molecule has 0 saturated carbocycles. The maximum atomic E-state index is 13.4. The number of hydrogen-bond acceptors (Lipinski definition) is 5. The van der Waals surface area contributed by atoms with Crippen LogP contribution in [-0.2, 0) is 14.8 Å². The molecule has 0 bridgehead atoms. The van der Waals surface area contributed by atoms with Gasteiger partial charge in [-0.2, -0.15) is 5.10 Å². The van der Waals surface area contributed by atoms with E-state index in [-0.39, 0.29) is 4.90 Å². The van der Waals surface area contributed by atoms with Crippen LogP contribution >= 0.6 is 23.2 Å². The average Bonchev–Trinajstić information content (AvgIpc) is 2.80. The van der Waals surface area contributed by atoms with Gasteiger partial charge in [-0.15, -0.1) is 0 Å². The van der Waals surface area contributed by atoms with E-state index in [4.69, 9.17) is 27.9 Å². The largest absolute Gasteiger partial charge is 0.497 e. The molecule has 0 aliphatic carbocycles. The molecule has 33 heavy (non-hydrogen) atoms. The van der Waals surface area contributed by atoms with Gasteiger partial charge in [0.1, 0.15) is 12.3 Å². The first-order valence-corrected chi connectivity index (χ1v) is 11.9. The Hall–Kier alpha value is -3.07. The van der Waals surface area contributed by atoms with E-state index < -0.39 is 22.5 Å². The van der Waals surface area contributed by atoms with Gasteiger partial charge in [0.2, 0.25) is 0 Å². The van der Waals surface area contributed by atoms with Crippen molar-refractivity contribution in [1.82, 2.24) is 5.43 Å². The van der Waals surface area contributed by atoms with Crippen LogP contribution in [0.15, 0.2) is 76.7 Å². The zero-order valence-corrected chi connectivity index (χ0v) is 20.2. The van der Waals surface area contributed by atoms with Crippen molar-refractivity contribution in [2.24, 2.45) is 5.10 Å². The highest BCUT2D eigenvalue weighted by Gasteiger charge is 2.27. The Labute approximate surface area is 202 Å². The van der Waals surface area contributed by atoms with Crippen molar-refractivity contribution in [3.63, 3.8) is 0 Å². The third kappa shape index (κ3) is 6.25. The smallest absolute Gasteiger partial charge is 0.264 e. The monoisotopic (exact) mass is 505 g/mol.